The van der Waals surface area contributed by atoms with Crippen LogP contribution in [0.2, 0.25) is 0 Å². The van der Waals surface area contributed by atoms with Crippen LogP contribution >= 0.6 is 0 Å². The highest BCUT2D eigenvalue weighted by atomic mass is 15.0. The highest BCUT2D eigenvalue weighted by Crippen LogP contribution is 2.31. The maximum absolute atomic E-state index is 9.13. The number of nitrogens with one attached hydrogen (secondary N) is 1. The van der Waals surface area contributed by atoms with E-state index in [9.17, 15) is 0 Å². The maximum atomic E-state index is 9.13. The molecule has 5 nitrogen and oxygen atoms in total. The van der Waals surface area contributed by atoms with E-state index < -0.39 is 0 Å². The number of pyridine rings is 2. The molecular weight excluding hydrogens is 382 g/mol. The van der Waals surface area contributed by atoms with Gasteiger partial charge in [0, 0.05) is 29.8 Å². The quantitative estimate of drug-likeness (QED) is 0.431. The molecule has 2 aromatic carbocycles. The first-order valence-electron chi connectivity index (χ1n) is 10.1. The van der Waals surface area contributed by atoms with Crippen LogP contribution in [0.15, 0.2) is 85.2 Å². The minimum Gasteiger partial charge on any atom is -0.340 e. The molecule has 0 radical (unpaired) electrons. The Hall–Kier alpha value is -4.30. The van der Waals surface area contributed by atoms with Gasteiger partial charge in [0.2, 0.25) is 0 Å². The summed E-state index contributed by atoms with van der Waals surface area (Å²) in [4.78, 5) is 17.4. The largest absolute Gasteiger partial charge is 0.340 e. The van der Waals surface area contributed by atoms with Gasteiger partial charge in [-0.2, -0.15) is 5.26 Å². The van der Waals surface area contributed by atoms with Gasteiger partial charge in [0.15, 0.2) is 0 Å². The van der Waals surface area contributed by atoms with E-state index in [-0.39, 0.29) is 0 Å². The molecule has 0 unspecified atom stereocenters. The predicted octanol–water partition coefficient (Wildman–Crippen LogP) is 5.34. The molecule has 0 bridgehead atoms. The highest BCUT2D eigenvalue weighted by molar-refractivity contribution is 5.86. The van der Waals surface area contributed by atoms with Gasteiger partial charge in [0.05, 0.1) is 34.2 Å². The van der Waals surface area contributed by atoms with Gasteiger partial charge in [-0.3, -0.25) is 9.97 Å². The van der Waals surface area contributed by atoms with Gasteiger partial charge in [-0.15, -0.1) is 0 Å². The number of aryl methyl sites for hydroxylation is 2. The van der Waals surface area contributed by atoms with Crippen molar-refractivity contribution in [3.63, 3.8) is 0 Å². The van der Waals surface area contributed by atoms with Gasteiger partial charge in [-0.1, -0.05) is 30.3 Å². The van der Waals surface area contributed by atoms with Crippen molar-refractivity contribution in [1.82, 2.24) is 19.9 Å². The van der Waals surface area contributed by atoms with Gasteiger partial charge in [-0.25, -0.2) is 4.98 Å². The summed E-state index contributed by atoms with van der Waals surface area (Å²) in [5.74, 6) is 0.893. The Morgan fingerprint density at radius 2 is 1.77 bits per heavy atom. The number of H-pyrrole nitrogens is 1. The summed E-state index contributed by atoms with van der Waals surface area (Å²) in [6.45, 7) is 0. The SMILES string of the molecule is N#Cc1cccc(CCc2nc(-c3ccc4ncccc4c3)c(-c3ccccn3)[nH]2)c1. The zero-order chi connectivity index (χ0) is 21.0. The summed E-state index contributed by atoms with van der Waals surface area (Å²) in [6, 6.07) is 26.0. The summed E-state index contributed by atoms with van der Waals surface area (Å²) in [5, 5.41) is 10.2. The van der Waals surface area contributed by atoms with Crippen LogP contribution in [-0.4, -0.2) is 19.9 Å². The maximum Gasteiger partial charge on any atom is 0.107 e. The van der Waals surface area contributed by atoms with Crippen LogP contribution < -0.4 is 0 Å². The van der Waals surface area contributed by atoms with Crippen molar-refractivity contribution in [2.75, 3.05) is 0 Å². The van der Waals surface area contributed by atoms with Crippen LogP contribution in [0, 0.1) is 11.3 Å². The lowest BCUT2D eigenvalue weighted by Gasteiger charge is -2.04. The number of nitriles is 1. The number of fused-ring (bicyclic) bond motifs is 1. The Bertz CT molecular complexity index is 1400. The van der Waals surface area contributed by atoms with E-state index in [0.717, 1.165) is 57.8 Å². The van der Waals surface area contributed by atoms with Gasteiger partial charge < -0.3 is 4.98 Å². The van der Waals surface area contributed by atoms with Crippen LogP contribution in [0.1, 0.15) is 17.0 Å². The molecule has 5 heteroatoms. The van der Waals surface area contributed by atoms with Crippen LogP contribution in [0.25, 0.3) is 33.5 Å². The van der Waals surface area contributed by atoms with Gasteiger partial charge in [0.25, 0.3) is 0 Å². The van der Waals surface area contributed by atoms with Crippen LogP contribution in [-0.2, 0) is 12.8 Å². The lowest BCUT2D eigenvalue weighted by molar-refractivity contribution is 0.885. The van der Waals surface area contributed by atoms with E-state index >= 15 is 0 Å². The lowest BCUT2D eigenvalue weighted by atomic mass is 10.1. The normalized spacial score (nSPS) is 10.8. The van der Waals surface area contributed by atoms with E-state index in [1.54, 1.807) is 12.4 Å². The van der Waals surface area contributed by atoms with Crippen molar-refractivity contribution in [1.29, 1.82) is 5.26 Å². The van der Waals surface area contributed by atoms with Crippen molar-refractivity contribution in [2.45, 2.75) is 12.8 Å². The highest BCUT2D eigenvalue weighted by Gasteiger charge is 2.15. The fourth-order valence-corrected chi connectivity index (χ4v) is 3.73. The molecule has 0 saturated heterocycles. The Morgan fingerprint density at radius 3 is 2.65 bits per heavy atom. The van der Waals surface area contributed by atoms with E-state index in [0.29, 0.717) is 5.56 Å². The third-order valence-corrected chi connectivity index (χ3v) is 5.26. The molecule has 31 heavy (non-hydrogen) atoms. The Labute approximate surface area is 180 Å². The van der Waals surface area contributed by atoms with Crippen LogP contribution in [0.4, 0.5) is 0 Å². The molecular formula is C26H19N5. The molecule has 5 aromatic rings. The molecule has 0 spiro atoms. The molecule has 0 aliphatic carbocycles. The zero-order valence-electron chi connectivity index (χ0n) is 16.8. The minimum atomic E-state index is 0.677. The molecule has 0 fully saturated rings. The molecule has 148 valence electrons. The Morgan fingerprint density at radius 1 is 0.839 bits per heavy atom. The molecule has 3 heterocycles. The standard InChI is InChI=1S/C26H19N5/c27-17-19-6-3-5-18(15-19)9-12-24-30-25(26(31-24)23-8-1-2-13-29-23)21-10-11-22-20(16-21)7-4-14-28-22/h1-8,10-11,13-16H,9,12H2,(H,30,31). The van der Waals surface area contributed by atoms with E-state index in [1.165, 1.54) is 0 Å². The van der Waals surface area contributed by atoms with Gasteiger partial charge >= 0.3 is 0 Å². The molecule has 5 rings (SSSR count). The third-order valence-electron chi connectivity index (χ3n) is 5.26. The fraction of sp³-hybridized carbons (Fsp3) is 0.0769. The monoisotopic (exact) mass is 401 g/mol. The van der Waals surface area contributed by atoms with Crippen molar-refractivity contribution in [3.05, 3.63) is 102 Å². The average Bonchev–Trinajstić information content (AvgIpc) is 3.27. The van der Waals surface area contributed by atoms with Crippen LogP contribution in [0.5, 0.6) is 0 Å². The van der Waals surface area contributed by atoms with Gasteiger partial charge in [-0.05, 0) is 54.4 Å². The molecule has 0 saturated carbocycles. The number of benzene rings is 2. The third kappa shape index (κ3) is 3.92. The van der Waals surface area contributed by atoms with E-state index in [2.05, 4.69) is 39.2 Å². The summed E-state index contributed by atoms with van der Waals surface area (Å²) in [5.41, 5.74) is 6.42. The second kappa shape index (κ2) is 8.21. The number of imidazole rings is 1. The number of hydrogen-bond donors (Lipinski definition) is 1. The second-order valence-electron chi connectivity index (χ2n) is 7.35. The van der Waals surface area contributed by atoms with E-state index in [4.69, 9.17) is 10.2 Å². The molecule has 1 N–H and O–H groups in total. The first-order valence-corrected chi connectivity index (χ1v) is 10.1. The number of rotatable bonds is 5. The minimum absolute atomic E-state index is 0.677. The molecule has 0 atom stereocenters. The molecule has 3 aromatic heterocycles. The summed E-state index contributed by atoms with van der Waals surface area (Å²) in [6.07, 6.45) is 5.13. The molecule has 0 amide bonds. The second-order valence-corrected chi connectivity index (χ2v) is 7.35. The van der Waals surface area contributed by atoms with Crippen molar-refractivity contribution >= 4 is 10.9 Å². The van der Waals surface area contributed by atoms with Crippen molar-refractivity contribution in [3.8, 4) is 28.7 Å². The van der Waals surface area contributed by atoms with Crippen molar-refractivity contribution < 1.29 is 0 Å². The number of hydrogen-bond acceptors (Lipinski definition) is 4. The molecule has 0 aliphatic rings. The molecule has 0 aliphatic heterocycles. The average molecular weight is 401 g/mol. The van der Waals surface area contributed by atoms with E-state index in [1.807, 2.05) is 54.6 Å². The topological polar surface area (TPSA) is 78.2 Å². The predicted molar refractivity (Wildman–Crippen MR) is 121 cm³/mol. The lowest BCUT2D eigenvalue weighted by Crippen LogP contribution is -1.94. The number of aromatic nitrogens is 4. The summed E-state index contributed by atoms with van der Waals surface area (Å²) >= 11 is 0. The fourth-order valence-electron chi connectivity index (χ4n) is 3.73. The van der Waals surface area contributed by atoms with Crippen LogP contribution in [0.3, 0.4) is 0 Å². The number of aromatic amines is 1. The first kappa shape index (κ1) is 18.7. The summed E-state index contributed by atoms with van der Waals surface area (Å²) in [7, 11) is 0. The Balaban J connectivity index is 1.53. The zero-order valence-corrected chi connectivity index (χ0v) is 16.8. The smallest absolute Gasteiger partial charge is 0.107 e. The first-order chi connectivity index (χ1) is 15.3. The van der Waals surface area contributed by atoms with Gasteiger partial charge in [0.1, 0.15) is 5.82 Å². The number of nitrogens with zero attached hydrogens (tertiary/aromatic N) is 4. The summed E-state index contributed by atoms with van der Waals surface area (Å²) < 4.78 is 0. The Kier molecular flexibility index (Phi) is 4.96. The van der Waals surface area contributed by atoms with Crippen molar-refractivity contribution in [2.24, 2.45) is 0 Å².